The number of nitrogens with one attached hydrogen (secondary N) is 1. The van der Waals surface area contributed by atoms with Gasteiger partial charge in [0.1, 0.15) is 0 Å². The SMILES string of the molecule is CC(NCc1cccnc1)N(C)c1ccccc1. The van der Waals surface area contributed by atoms with Crippen LogP contribution < -0.4 is 10.2 Å². The van der Waals surface area contributed by atoms with Crippen LogP contribution in [0, 0.1) is 0 Å². The molecule has 2 rings (SSSR count). The highest BCUT2D eigenvalue weighted by molar-refractivity contribution is 5.45. The highest BCUT2D eigenvalue weighted by Crippen LogP contribution is 2.13. The number of nitrogens with zero attached hydrogens (tertiary/aromatic N) is 2. The van der Waals surface area contributed by atoms with Gasteiger partial charge in [0, 0.05) is 31.7 Å². The fourth-order valence-corrected chi connectivity index (χ4v) is 1.79. The van der Waals surface area contributed by atoms with Gasteiger partial charge < -0.3 is 4.90 Å². The van der Waals surface area contributed by atoms with E-state index in [0.29, 0.717) is 0 Å². The molecule has 1 N–H and O–H groups in total. The molecule has 0 bridgehead atoms. The topological polar surface area (TPSA) is 28.2 Å². The number of rotatable bonds is 5. The van der Waals surface area contributed by atoms with Crippen molar-refractivity contribution in [2.75, 3.05) is 11.9 Å². The van der Waals surface area contributed by atoms with Gasteiger partial charge in [-0.05, 0) is 30.7 Å². The third-order valence-corrected chi connectivity index (χ3v) is 3.07. The number of para-hydroxylation sites is 1. The van der Waals surface area contributed by atoms with Crippen LogP contribution in [0.25, 0.3) is 0 Å². The van der Waals surface area contributed by atoms with E-state index in [1.807, 2.05) is 18.3 Å². The molecule has 1 aromatic heterocycles. The summed E-state index contributed by atoms with van der Waals surface area (Å²) in [5.41, 5.74) is 2.41. The van der Waals surface area contributed by atoms with Gasteiger partial charge in [0.15, 0.2) is 0 Å². The number of aromatic nitrogens is 1. The maximum absolute atomic E-state index is 4.11. The Hall–Kier alpha value is -1.87. The fraction of sp³-hybridized carbons (Fsp3) is 0.267. The Kier molecular flexibility index (Phi) is 4.31. The summed E-state index contributed by atoms with van der Waals surface area (Å²) in [6.07, 6.45) is 3.96. The highest BCUT2D eigenvalue weighted by Gasteiger charge is 2.08. The van der Waals surface area contributed by atoms with Crippen LogP contribution in [0.3, 0.4) is 0 Å². The molecule has 0 amide bonds. The lowest BCUT2D eigenvalue weighted by molar-refractivity contribution is 0.539. The molecular weight excluding hydrogens is 222 g/mol. The van der Waals surface area contributed by atoms with E-state index in [0.717, 1.165) is 6.54 Å². The van der Waals surface area contributed by atoms with Crippen LogP contribution in [0.5, 0.6) is 0 Å². The van der Waals surface area contributed by atoms with Gasteiger partial charge in [0.25, 0.3) is 0 Å². The third kappa shape index (κ3) is 3.31. The van der Waals surface area contributed by atoms with Crippen LogP contribution in [0.4, 0.5) is 5.69 Å². The second-order valence-corrected chi connectivity index (χ2v) is 4.36. The number of benzene rings is 1. The van der Waals surface area contributed by atoms with Gasteiger partial charge >= 0.3 is 0 Å². The molecule has 0 spiro atoms. The first-order valence-electron chi connectivity index (χ1n) is 6.17. The van der Waals surface area contributed by atoms with Crippen LogP contribution in [-0.2, 0) is 6.54 Å². The molecule has 0 aliphatic carbocycles. The van der Waals surface area contributed by atoms with Gasteiger partial charge in [0.2, 0.25) is 0 Å². The highest BCUT2D eigenvalue weighted by atomic mass is 15.2. The molecule has 0 aliphatic rings. The molecule has 3 nitrogen and oxygen atoms in total. The van der Waals surface area contributed by atoms with Gasteiger partial charge in [-0.3, -0.25) is 10.3 Å². The van der Waals surface area contributed by atoms with Gasteiger partial charge in [-0.15, -0.1) is 0 Å². The van der Waals surface area contributed by atoms with Crippen molar-refractivity contribution < 1.29 is 0 Å². The average Bonchev–Trinajstić information content (AvgIpc) is 2.46. The summed E-state index contributed by atoms with van der Waals surface area (Å²) in [7, 11) is 2.09. The molecule has 0 saturated heterocycles. The summed E-state index contributed by atoms with van der Waals surface area (Å²) >= 11 is 0. The average molecular weight is 241 g/mol. The molecule has 0 radical (unpaired) electrons. The molecule has 0 fully saturated rings. The molecule has 1 atom stereocenters. The summed E-state index contributed by atoms with van der Waals surface area (Å²) in [5, 5.41) is 3.48. The minimum absolute atomic E-state index is 0.271. The molecule has 1 aromatic carbocycles. The van der Waals surface area contributed by atoms with E-state index in [4.69, 9.17) is 0 Å². The lowest BCUT2D eigenvalue weighted by atomic mass is 10.2. The molecule has 3 heteroatoms. The number of hydrogen-bond acceptors (Lipinski definition) is 3. The third-order valence-electron chi connectivity index (χ3n) is 3.07. The van der Waals surface area contributed by atoms with Crippen molar-refractivity contribution in [2.45, 2.75) is 19.6 Å². The Balaban J connectivity index is 1.90. The Labute approximate surface area is 108 Å². The van der Waals surface area contributed by atoms with Crippen molar-refractivity contribution in [3.63, 3.8) is 0 Å². The van der Waals surface area contributed by atoms with E-state index in [-0.39, 0.29) is 6.17 Å². The van der Waals surface area contributed by atoms with E-state index in [1.54, 1.807) is 6.20 Å². The van der Waals surface area contributed by atoms with E-state index < -0.39 is 0 Å². The quantitative estimate of drug-likeness (QED) is 0.816. The van der Waals surface area contributed by atoms with Crippen molar-refractivity contribution >= 4 is 5.69 Å². The zero-order chi connectivity index (χ0) is 12.8. The molecule has 0 aliphatic heterocycles. The summed E-state index contributed by atoms with van der Waals surface area (Å²) in [5.74, 6) is 0. The van der Waals surface area contributed by atoms with Crippen molar-refractivity contribution in [2.24, 2.45) is 0 Å². The fourth-order valence-electron chi connectivity index (χ4n) is 1.79. The van der Waals surface area contributed by atoms with Crippen LogP contribution in [0.1, 0.15) is 12.5 Å². The molecule has 1 unspecified atom stereocenters. The maximum Gasteiger partial charge on any atom is 0.0766 e. The monoisotopic (exact) mass is 241 g/mol. The predicted octanol–water partition coefficient (Wildman–Crippen LogP) is 2.65. The summed E-state index contributed by atoms with van der Waals surface area (Å²) < 4.78 is 0. The van der Waals surface area contributed by atoms with Crippen molar-refractivity contribution in [3.05, 3.63) is 60.4 Å². The number of anilines is 1. The largest absolute Gasteiger partial charge is 0.359 e. The Morgan fingerprint density at radius 2 is 1.94 bits per heavy atom. The number of pyridine rings is 1. The molecule has 18 heavy (non-hydrogen) atoms. The van der Waals surface area contributed by atoms with E-state index in [2.05, 4.69) is 59.5 Å². The van der Waals surface area contributed by atoms with Crippen molar-refractivity contribution in [1.29, 1.82) is 0 Å². The van der Waals surface area contributed by atoms with Gasteiger partial charge in [-0.1, -0.05) is 24.3 Å². The Bertz CT molecular complexity index is 456. The molecule has 1 heterocycles. The summed E-state index contributed by atoms with van der Waals surface area (Å²) in [6.45, 7) is 2.98. The summed E-state index contributed by atoms with van der Waals surface area (Å²) in [4.78, 5) is 6.33. The molecule has 2 aromatic rings. The first-order valence-corrected chi connectivity index (χ1v) is 6.17. The van der Waals surface area contributed by atoms with E-state index in [9.17, 15) is 0 Å². The zero-order valence-electron chi connectivity index (χ0n) is 10.9. The maximum atomic E-state index is 4.11. The Morgan fingerprint density at radius 1 is 1.17 bits per heavy atom. The van der Waals surface area contributed by atoms with E-state index >= 15 is 0 Å². The second-order valence-electron chi connectivity index (χ2n) is 4.36. The van der Waals surface area contributed by atoms with Gasteiger partial charge in [-0.25, -0.2) is 0 Å². The van der Waals surface area contributed by atoms with Crippen LogP contribution >= 0.6 is 0 Å². The standard InChI is InChI=1S/C15H19N3/c1-13(17-12-14-7-6-10-16-11-14)18(2)15-8-4-3-5-9-15/h3-11,13,17H,12H2,1-2H3. The lowest BCUT2D eigenvalue weighted by Crippen LogP contribution is -2.40. The molecule has 0 saturated carbocycles. The zero-order valence-corrected chi connectivity index (χ0v) is 10.9. The van der Waals surface area contributed by atoms with Crippen LogP contribution in [-0.4, -0.2) is 18.2 Å². The van der Waals surface area contributed by atoms with Crippen molar-refractivity contribution in [3.8, 4) is 0 Å². The summed E-state index contributed by atoms with van der Waals surface area (Å²) in [6, 6.07) is 14.4. The first-order chi connectivity index (χ1) is 8.77. The minimum atomic E-state index is 0.271. The second kappa shape index (κ2) is 6.17. The lowest BCUT2D eigenvalue weighted by Gasteiger charge is -2.27. The van der Waals surface area contributed by atoms with Gasteiger partial charge in [0.05, 0.1) is 6.17 Å². The van der Waals surface area contributed by atoms with E-state index in [1.165, 1.54) is 11.3 Å². The van der Waals surface area contributed by atoms with Gasteiger partial charge in [-0.2, -0.15) is 0 Å². The first kappa shape index (κ1) is 12.6. The Morgan fingerprint density at radius 3 is 2.61 bits per heavy atom. The predicted molar refractivity (Wildman–Crippen MR) is 75.4 cm³/mol. The minimum Gasteiger partial charge on any atom is -0.359 e. The van der Waals surface area contributed by atoms with Crippen LogP contribution in [0.2, 0.25) is 0 Å². The molecular formula is C15H19N3. The number of hydrogen-bond donors (Lipinski definition) is 1. The normalized spacial score (nSPS) is 12.1. The molecule has 94 valence electrons. The smallest absolute Gasteiger partial charge is 0.0766 e. The van der Waals surface area contributed by atoms with Crippen molar-refractivity contribution in [1.82, 2.24) is 10.3 Å². The van der Waals surface area contributed by atoms with Crippen LogP contribution in [0.15, 0.2) is 54.9 Å².